The zero-order valence-electron chi connectivity index (χ0n) is 18.6. The van der Waals surface area contributed by atoms with E-state index in [9.17, 15) is 4.79 Å². The van der Waals surface area contributed by atoms with E-state index in [1.165, 1.54) is 5.56 Å². The summed E-state index contributed by atoms with van der Waals surface area (Å²) in [6.07, 6.45) is 2.23. The van der Waals surface area contributed by atoms with Crippen LogP contribution in [0.15, 0.2) is 36.5 Å². The minimum atomic E-state index is 0.0340. The number of amides is 1. The van der Waals surface area contributed by atoms with Gasteiger partial charge in [-0.05, 0) is 26.3 Å². The number of fused-ring (bicyclic) bond motifs is 1. The number of aromatic nitrogens is 4. The van der Waals surface area contributed by atoms with Gasteiger partial charge in [0.1, 0.15) is 11.0 Å². The Morgan fingerprint density at radius 3 is 2.65 bits per heavy atom. The van der Waals surface area contributed by atoms with Gasteiger partial charge in [-0.3, -0.25) is 19.1 Å². The van der Waals surface area contributed by atoms with E-state index in [1.54, 1.807) is 0 Å². The third-order valence-corrected chi connectivity index (χ3v) is 5.87. The van der Waals surface area contributed by atoms with Crippen LogP contribution in [0, 0.1) is 6.92 Å². The van der Waals surface area contributed by atoms with Crippen molar-refractivity contribution >= 4 is 16.9 Å². The van der Waals surface area contributed by atoms with Crippen molar-refractivity contribution in [3.8, 4) is 0 Å². The van der Waals surface area contributed by atoms with E-state index in [2.05, 4.69) is 46.4 Å². The van der Waals surface area contributed by atoms with Crippen molar-refractivity contribution in [1.82, 2.24) is 29.8 Å². The lowest BCUT2D eigenvalue weighted by Gasteiger charge is -2.35. The van der Waals surface area contributed by atoms with E-state index in [0.29, 0.717) is 19.5 Å². The Kier molecular flexibility index (Phi) is 6.67. The first-order valence-corrected chi connectivity index (χ1v) is 11.1. The number of nitrogens with one attached hydrogen (secondary N) is 1. The molecule has 0 spiro atoms. The van der Waals surface area contributed by atoms with Crippen LogP contribution in [0.3, 0.4) is 0 Å². The van der Waals surface area contributed by atoms with Crippen LogP contribution in [0.2, 0.25) is 0 Å². The van der Waals surface area contributed by atoms with E-state index < -0.39 is 0 Å². The van der Waals surface area contributed by atoms with Crippen molar-refractivity contribution in [2.45, 2.75) is 45.8 Å². The van der Waals surface area contributed by atoms with Crippen LogP contribution in [0.25, 0.3) is 11.0 Å². The first-order chi connectivity index (χ1) is 15.0. The maximum atomic E-state index is 12.7. The molecule has 31 heavy (non-hydrogen) atoms. The van der Waals surface area contributed by atoms with Gasteiger partial charge in [-0.1, -0.05) is 30.3 Å². The van der Waals surface area contributed by atoms with Gasteiger partial charge in [0.2, 0.25) is 5.91 Å². The standard InChI is InChI=1S/C23H32N6O2/c1-17(2)29-21-16-25-28(23(21)18(3)26-29)10-9-22(30)24-15-20(19-7-5-4-6-8-19)27-11-13-31-14-12-27/h4-8,16-17,20H,9-15H2,1-3H3,(H,24,30). The Hall–Kier alpha value is -2.71. The third-order valence-electron chi connectivity index (χ3n) is 5.87. The number of benzene rings is 1. The summed E-state index contributed by atoms with van der Waals surface area (Å²) in [5.74, 6) is 0.0340. The van der Waals surface area contributed by atoms with Gasteiger partial charge in [-0.2, -0.15) is 10.2 Å². The lowest BCUT2D eigenvalue weighted by molar-refractivity contribution is -0.121. The number of nitrogens with zero attached hydrogens (tertiary/aromatic N) is 5. The predicted molar refractivity (Wildman–Crippen MR) is 120 cm³/mol. The normalized spacial score (nSPS) is 16.1. The average molecular weight is 425 g/mol. The minimum absolute atomic E-state index is 0.0340. The van der Waals surface area contributed by atoms with Gasteiger partial charge >= 0.3 is 0 Å². The molecule has 1 atom stereocenters. The van der Waals surface area contributed by atoms with Crippen LogP contribution >= 0.6 is 0 Å². The van der Waals surface area contributed by atoms with Gasteiger partial charge in [-0.25, -0.2) is 0 Å². The molecule has 2 aromatic heterocycles. The van der Waals surface area contributed by atoms with Gasteiger partial charge in [-0.15, -0.1) is 0 Å². The Bertz CT molecular complexity index is 1000. The van der Waals surface area contributed by atoms with E-state index >= 15 is 0 Å². The van der Waals surface area contributed by atoms with Crippen molar-refractivity contribution in [2.24, 2.45) is 0 Å². The molecule has 4 rings (SSSR count). The molecule has 1 N–H and O–H groups in total. The summed E-state index contributed by atoms with van der Waals surface area (Å²) in [4.78, 5) is 15.1. The molecule has 3 heterocycles. The van der Waals surface area contributed by atoms with E-state index in [4.69, 9.17) is 4.74 Å². The maximum absolute atomic E-state index is 12.7. The number of aryl methyl sites for hydroxylation is 2. The molecular formula is C23H32N6O2. The van der Waals surface area contributed by atoms with Gasteiger partial charge in [0.25, 0.3) is 0 Å². The summed E-state index contributed by atoms with van der Waals surface area (Å²) in [7, 11) is 0. The molecule has 0 radical (unpaired) electrons. The Morgan fingerprint density at radius 2 is 1.94 bits per heavy atom. The van der Waals surface area contributed by atoms with Gasteiger partial charge in [0.05, 0.1) is 37.7 Å². The molecule has 1 aliphatic rings. The fourth-order valence-electron chi connectivity index (χ4n) is 4.27. The van der Waals surface area contributed by atoms with Crippen molar-refractivity contribution in [3.05, 3.63) is 47.8 Å². The molecule has 166 valence electrons. The molecule has 0 saturated carbocycles. The smallest absolute Gasteiger partial charge is 0.221 e. The molecule has 8 heteroatoms. The first kappa shape index (κ1) is 21.5. The van der Waals surface area contributed by atoms with Crippen LogP contribution < -0.4 is 5.32 Å². The highest BCUT2D eigenvalue weighted by atomic mass is 16.5. The predicted octanol–water partition coefficient (Wildman–Crippen LogP) is 2.70. The number of carbonyl (C=O) groups excluding carboxylic acids is 1. The summed E-state index contributed by atoms with van der Waals surface area (Å²) in [5, 5.41) is 12.3. The highest BCUT2D eigenvalue weighted by molar-refractivity contribution is 5.79. The quantitative estimate of drug-likeness (QED) is 0.602. The topological polar surface area (TPSA) is 77.2 Å². The number of hydrogen-bond donors (Lipinski definition) is 1. The summed E-state index contributed by atoms with van der Waals surface area (Å²) >= 11 is 0. The highest BCUT2D eigenvalue weighted by Crippen LogP contribution is 2.22. The highest BCUT2D eigenvalue weighted by Gasteiger charge is 2.23. The van der Waals surface area contributed by atoms with Crippen molar-refractivity contribution in [3.63, 3.8) is 0 Å². The molecule has 1 aliphatic heterocycles. The zero-order chi connectivity index (χ0) is 21.8. The minimum Gasteiger partial charge on any atom is -0.379 e. The van der Waals surface area contributed by atoms with Crippen molar-refractivity contribution in [2.75, 3.05) is 32.8 Å². The van der Waals surface area contributed by atoms with E-state index in [-0.39, 0.29) is 18.0 Å². The molecule has 3 aromatic rings. The summed E-state index contributed by atoms with van der Waals surface area (Å²) in [5.41, 5.74) is 4.19. The van der Waals surface area contributed by atoms with Crippen LogP contribution in [-0.4, -0.2) is 63.2 Å². The molecule has 1 unspecified atom stereocenters. The lowest BCUT2D eigenvalue weighted by Crippen LogP contribution is -2.43. The van der Waals surface area contributed by atoms with Gasteiger partial charge < -0.3 is 10.1 Å². The molecule has 1 saturated heterocycles. The number of rotatable bonds is 8. The molecule has 8 nitrogen and oxygen atoms in total. The monoisotopic (exact) mass is 424 g/mol. The fraction of sp³-hybridized carbons (Fsp3) is 0.522. The van der Waals surface area contributed by atoms with E-state index in [1.807, 2.05) is 40.7 Å². The molecule has 1 amide bonds. The van der Waals surface area contributed by atoms with Crippen molar-refractivity contribution in [1.29, 1.82) is 0 Å². The van der Waals surface area contributed by atoms with Crippen molar-refractivity contribution < 1.29 is 9.53 Å². The Labute approximate surface area is 183 Å². The van der Waals surface area contributed by atoms with Gasteiger partial charge in [0, 0.05) is 32.1 Å². The average Bonchev–Trinajstić information content (AvgIpc) is 3.35. The van der Waals surface area contributed by atoms with Crippen LogP contribution in [-0.2, 0) is 16.1 Å². The molecule has 0 bridgehead atoms. The maximum Gasteiger partial charge on any atom is 0.221 e. The molecule has 0 aliphatic carbocycles. The van der Waals surface area contributed by atoms with E-state index in [0.717, 1.165) is 43.0 Å². The number of carbonyl (C=O) groups is 1. The zero-order valence-corrected chi connectivity index (χ0v) is 18.6. The van der Waals surface area contributed by atoms with Crippen LogP contribution in [0.5, 0.6) is 0 Å². The van der Waals surface area contributed by atoms with Crippen LogP contribution in [0.1, 0.15) is 43.6 Å². The van der Waals surface area contributed by atoms with Crippen LogP contribution in [0.4, 0.5) is 0 Å². The largest absolute Gasteiger partial charge is 0.379 e. The van der Waals surface area contributed by atoms with Gasteiger partial charge in [0.15, 0.2) is 0 Å². The number of hydrogen-bond acceptors (Lipinski definition) is 5. The molecule has 1 fully saturated rings. The third kappa shape index (κ3) is 4.80. The first-order valence-electron chi connectivity index (χ1n) is 11.1. The number of ether oxygens (including phenoxy) is 1. The fourth-order valence-corrected chi connectivity index (χ4v) is 4.27. The lowest BCUT2D eigenvalue weighted by atomic mass is 10.0. The number of morpholine rings is 1. The summed E-state index contributed by atoms with van der Waals surface area (Å²) < 4.78 is 9.39. The second-order valence-corrected chi connectivity index (χ2v) is 8.35. The Morgan fingerprint density at radius 1 is 1.19 bits per heavy atom. The summed E-state index contributed by atoms with van der Waals surface area (Å²) in [6, 6.07) is 10.8. The molecule has 1 aromatic carbocycles. The Balaban J connectivity index is 1.38. The second-order valence-electron chi connectivity index (χ2n) is 8.35. The summed E-state index contributed by atoms with van der Waals surface area (Å²) in [6.45, 7) is 10.5. The SMILES string of the molecule is Cc1nn(C(C)C)c2cnn(CCC(=O)NCC(c3ccccc3)N3CCOCC3)c12. The molecular weight excluding hydrogens is 392 g/mol. The second kappa shape index (κ2) is 9.62.